The van der Waals surface area contributed by atoms with Crippen LogP contribution in [0.1, 0.15) is 62.8 Å². The number of aryl methyl sites for hydroxylation is 1. The van der Waals surface area contributed by atoms with E-state index < -0.39 is 29.7 Å². The number of aromatic hydroxyl groups is 1. The summed E-state index contributed by atoms with van der Waals surface area (Å²) in [5, 5.41) is 16.0. The topological polar surface area (TPSA) is 117 Å². The number of anilines is 1. The zero-order chi connectivity index (χ0) is 31.1. The standard InChI is InChI=1S/C34H41N3O6/c1-22-20-24(14-19-29(22)38)30(31(39)35-25-15-17-27(42-5)18-16-25)37(26-12-9-13-26)32(40)28(21-23-10-7-6-8-11-23)36-33(41)43-34(2,3)4/h6-8,10-11,14-20,26,28,30,38H,9,12-13,21H2,1-5H3,(H,35,39)(H,36,41). The molecule has 0 spiro atoms. The first kappa shape index (κ1) is 31.4. The van der Waals surface area contributed by atoms with Crippen LogP contribution in [0.25, 0.3) is 0 Å². The van der Waals surface area contributed by atoms with Gasteiger partial charge in [-0.25, -0.2) is 4.79 Å². The number of ether oxygens (including phenoxy) is 2. The first-order valence-electron chi connectivity index (χ1n) is 14.5. The van der Waals surface area contributed by atoms with Gasteiger partial charge in [-0.2, -0.15) is 0 Å². The molecule has 3 aromatic carbocycles. The molecule has 43 heavy (non-hydrogen) atoms. The van der Waals surface area contributed by atoms with Crippen LogP contribution in [-0.4, -0.2) is 52.7 Å². The molecule has 1 aliphatic rings. The highest BCUT2D eigenvalue weighted by atomic mass is 16.6. The van der Waals surface area contributed by atoms with Gasteiger partial charge < -0.3 is 30.1 Å². The molecule has 0 heterocycles. The van der Waals surface area contributed by atoms with E-state index in [-0.39, 0.29) is 24.1 Å². The van der Waals surface area contributed by atoms with Gasteiger partial charge in [0.15, 0.2) is 0 Å². The fraction of sp³-hybridized carbons (Fsp3) is 0.382. The molecule has 1 fully saturated rings. The number of alkyl carbamates (subject to hydrolysis) is 1. The zero-order valence-corrected chi connectivity index (χ0v) is 25.4. The molecule has 3 amide bonds. The van der Waals surface area contributed by atoms with Crippen molar-refractivity contribution in [2.45, 2.75) is 77.1 Å². The van der Waals surface area contributed by atoms with Gasteiger partial charge in [0, 0.05) is 18.2 Å². The van der Waals surface area contributed by atoms with Crippen LogP contribution in [0.3, 0.4) is 0 Å². The predicted molar refractivity (Wildman–Crippen MR) is 165 cm³/mol. The Balaban J connectivity index is 1.75. The highest BCUT2D eigenvalue weighted by Crippen LogP contribution is 2.36. The number of amides is 3. The molecule has 0 saturated heterocycles. The first-order valence-corrected chi connectivity index (χ1v) is 14.5. The van der Waals surface area contributed by atoms with E-state index in [1.54, 1.807) is 76.1 Å². The second-order valence-corrected chi connectivity index (χ2v) is 11.9. The molecule has 228 valence electrons. The average molecular weight is 588 g/mol. The van der Waals surface area contributed by atoms with Gasteiger partial charge in [-0.3, -0.25) is 9.59 Å². The number of hydrogen-bond donors (Lipinski definition) is 3. The molecular formula is C34H41N3O6. The largest absolute Gasteiger partial charge is 0.508 e. The lowest BCUT2D eigenvalue weighted by Crippen LogP contribution is -2.57. The molecule has 0 aliphatic heterocycles. The van der Waals surface area contributed by atoms with E-state index in [2.05, 4.69) is 10.6 Å². The second-order valence-electron chi connectivity index (χ2n) is 11.9. The van der Waals surface area contributed by atoms with Gasteiger partial charge in [0.2, 0.25) is 5.91 Å². The van der Waals surface area contributed by atoms with Gasteiger partial charge in [-0.15, -0.1) is 0 Å². The van der Waals surface area contributed by atoms with Crippen molar-refractivity contribution >= 4 is 23.6 Å². The Hall–Kier alpha value is -4.53. The van der Waals surface area contributed by atoms with Crippen molar-refractivity contribution in [2.24, 2.45) is 0 Å². The van der Waals surface area contributed by atoms with Crippen LogP contribution in [-0.2, 0) is 20.7 Å². The molecule has 0 bridgehead atoms. The minimum atomic E-state index is -1.03. The second kappa shape index (κ2) is 13.6. The Morgan fingerprint density at radius 1 is 1.00 bits per heavy atom. The number of phenolic OH excluding ortho intramolecular Hbond substituents is 1. The first-order chi connectivity index (χ1) is 20.4. The maximum Gasteiger partial charge on any atom is 0.408 e. The van der Waals surface area contributed by atoms with Crippen molar-refractivity contribution in [1.29, 1.82) is 0 Å². The Morgan fingerprint density at radius 2 is 1.67 bits per heavy atom. The van der Waals surface area contributed by atoms with E-state index in [1.165, 1.54) is 6.07 Å². The number of hydrogen-bond acceptors (Lipinski definition) is 6. The Morgan fingerprint density at radius 3 is 2.23 bits per heavy atom. The van der Waals surface area contributed by atoms with Crippen molar-refractivity contribution in [3.63, 3.8) is 0 Å². The average Bonchev–Trinajstić information content (AvgIpc) is 2.93. The summed E-state index contributed by atoms with van der Waals surface area (Å²) in [6.45, 7) is 7.02. The number of carbonyl (C=O) groups excluding carboxylic acids is 3. The van der Waals surface area contributed by atoms with Crippen molar-refractivity contribution in [3.8, 4) is 11.5 Å². The summed E-state index contributed by atoms with van der Waals surface area (Å²) in [4.78, 5) is 43.3. The molecule has 2 atom stereocenters. The molecule has 4 rings (SSSR count). The number of phenols is 1. The fourth-order valence-corrected chi connectivity index (χ4v) is 5.03. The third-order valence-electron chi connectivity index (χ3n) is 7.41. The van der Waals surface area contributed by atoms with Gasteiger partial charge in [0.25, 0.3) is 5.91 Å². The van der Waals surface area contributed by atoms with E-state index in [9.17, 15) is 19.5 Å². The number of methoxy groups -OCH3 is 1. The summed E-state index contributed by atoms with van der Waals surface area (Å²) in [6, 6.07) is 19.0. The Labute approximate surface area is 253 Å². The minimum absolute atomic E-state index is 0.0909. The van der Waals surface area contributed by atoms with Crippen molar-refractivity contribution in [3.05, 3.63) is 89.5 Å². The number of carbonyl (C=O) groups is 3. The molecule has 9 nitrogen and oxygen atoms in total. The van der Waals surface area contributed by atoms with E-state index >= 15 is 0 Å². The van der Waals surface area contributed by atoms with Gasteiger partial charge in [0.05, 0.1) is 7.11 Å². The summed E-state index contributed by atoms with van der Waals surface area (Å²) in [5.41, 5.74) is 1.76. The van der Waals surface area contributed by atoms with E-state index in [4.69, 9.17) is 9.47 Å². The fourth-order valence-electron chi connectivity index (χ4n) is 5.03. The van der Waals surface area contributed by atoms with Gasteiger partial charge in [-0.1, -0.05) is 36.4 Å². The lowest BCUT2D eigenvalue weighted by atomic mass is 9.87. The smallest absolute Gasteiger partial charge is 0.408 e. The predicted octanol–water partition coefficient (Wildman–Crippen LogP) is 5.91. The van der Waals surface area contributed by atoms with Crippen LogP contribution < -0.4 is 15.4 Å². The maximum atomic E-state index is 14.6. The molecule has 2 unspecified atom stereocenters. The highest BCUT2D eigenvalue weighted by Gasteiger charge is 2.42. The SMILES string of the molecule is COc1ccc(NC(=O)C(c2ccc(O)c(C)c2)N(C(=O)C(Cc2ccccc2)NC(=O)OC(C)(C)C)C2CCC2)cc1. The number of benzene rings is 3. The van der Waals surface area contributed by atoms with Crippen LogP contribution in [0.2, 0.25) is 0 Å². The lowest BCUT2D eigenvalue weighted by molar-refractivity contribution is -0.145. The van der Waals surface area contributed by atoms with Crippen molar-refractivity contribution < 1.29 is 29.0 Å². The van der Waals surface area contributed by atoms with Crippen LogP contribution >= 0.6 is 0 Å². The van der Waals surface area contributed by atoms with Gasteiger partial charge in [0.1, 0.15) is 29.2 Å². The summed E-state index contributed by atoms with van der Waals surface area (Å²) >= 11 is 0. The number of nitrogens with one attached hydrogen (secondary N) is 2. The normalized spacial score (nSPS) is 14.5. The van der Waals surface area contributed by atoms with Gasteiger partial charge in [-0.05, 0) is 100 Å². The summed E-state index contributed by atoms with van der Waals surface area (Å²) in [6.07, 6.45) is 1.86. The number of nitrogens with zero attached hydrogens (tertiary/aromatic N) is 1. The summed E-state index contributed by atoms with van der Waals surface area (Å²) in [7, 11) is 1.57. The Bertz CT molecular complexity index is 1410. The molecule has 1 aliphatic carbocycles. The van der Waals surface area contributed by atoms with Crippen molar-refractivity contribution in [1.82, 2.24) is 10.2 Å². The highest BCUT2D eigenvalue weighted by molar-refractivity contribution is 5.99. The number of rotatable bonds is 10. The zero-order valence-electron chi connectivity index (χ0n) is 25.4. The summed E-state index contributed by atoms with van der Waals surface area (Å²) in [5.74, 6) is -0.0636. The van der Waals surface area contributed by atoms with Crippen LogP contribution in [0.5, 0.6) is 11.5 Å². The van der Waals surface area contributed by atoms with Crippen LogP contribution in [0, 0.1) is 6.92 Å². The molecule has 9 heteroatoms. The molecule has 3 aromatic rings. The third-order valence-corrected chi connectivity index (χ3v) is 7.41. The van der Waals surface area contributed by atoms with Crippen LogP contribution in [0.15, 0.2) is 72.8 Å². The van der Waals surface area contributed by atoms with E-state index in [0.717, 1.165) is 24.8 Å². The molecule has 0 aromatic heterocycles. The molecule has 0 radical (unpaired) electrons. The quantitative estimate of drug-likeness (QED) is 0.272. The monoisotopic (exact) mass is 587 g/mol. The molecule has 3 N–H and O–H groups in total. The third kappa shape index (κ3) is 8.28. The Kier molecular flexibility index (Phi) is 9.95. The van der Waals surface area contributed by atoms with E-state index in [1.807, 2.05) is 30.3 Å². The molecule has 1 saturated carbocycles. The van der Waals surface area contributed by atoms with Crippen LogP contribution in [0.4, 0.5) is 10.5 Å². The minimum Gasteiger partial charge on any atom is -0.508 e. The molecular weight excluding hydrogens is 546 g/mol. The summed E-state index contributed by atoms with van der Waals surface area (Å²) < 4.78 is 10.8. The van der Waals surface area contributed by atoms with E-state index in [0.29, 0.717) is 22.6 Å². The maximum absolute atomic E-state index is 14.6. The van der Waals surface area contributed by atoms with Gasteiger partial charge >= 0.3 is 6.09 Å². The van der Waals surface area contributed by atoms with Crippen molar-refractivity contribution in [2.75, 3.05) is 12.4 Å². The lowest BCUT2D eigenvalue weighted by Gasteiger charge is -2.43.